The summed E-state index contributed by atoms with van der Waals surface area (Å²) in [5, 5.41) is 15.8. The summed E-state index contributed by atoms with van der Waals surface area (Å²) in [5.74, 6) is 0.293. The highest BCUT2D eigenvalue weighted by atomic mass is 32.1. The van der Waals surface area contributed by atoms with Gasteiger partial charge in [0.05, 0.1) is 28.4 Å². The number of ether oxygens (including phenoxy) is 1. The van der Waals surface area contributed by atoms with E-state index in [1.807, 2.05) is 30.9 Å². The number of carboxylic acid groups (broad SMARTS) is 1. The molecule has 4 aromatic rings. The molecule has 0 saturated carbocycles. The first kappa shape index (κ1) is 28.1. The number of nitrogens with zero attached hydrogens (tertiary/aromatic N) is 6. The van der Waals surface area contributed by atoms with Gasteiger partial charge < -0.3 is 20.1 Å². The Kier molecular flexibility index (Phi) is 8.24. The van der Waals surface area contributed by atoms with Crippen LogP contribution in [0.25, 0.3) is 32.6 Å². The van der Waals surface area contributed by atoms with Gasteiger partial charge in [0.1, 0.15) is 6.33 Å². The van der Waals surface area contributed by atoms with Gasteiger partial charge in [-0.2, -0.15) is 0 Å². The lowest BCUT2D eigenvalue weighted by molar-refractivity contribution is -0.150. The highest BCUT2D eigenvalue weighted by molar-refractivity contribution is 7.22. The van der Waals surface area contributed by atoms with Crippen molar-refractivity contribution in [2.45, 2.75) is 39.5 Å². The molecule has 1 aliphatic rings. The average Bonchev–Trinajstić information content (AvgIpc) is 3.39. The van der Waals surface area contributed by atoms with E-state index in [1.54, 1.807) is 25.6 Å². The van der Waals surface area contributed by atoms with Gasteiger partial charge in [0.25, 0.3) is 0 Å². The molecule has 5 rings (SSSR count). The zero-order valence-corrected chi connectivity index (χ0v) is 24.0. The molecule has 0 bridgehead atoms. The summed E-state index contributed by atoms with van der Waals surface area (Å²) in [6.07, 6.45) is 7.63. The normalized spacial score (nSPS) is 14.6. The Morgan fingerprint density at radius 2 is 1.83 bits per heavy atom. The third-order valence-electron chi connectivity index (χ3n) is 7.33. The van der Waals surface area contributed by atoms with E-state index in [9.17, 15) is 14.7 Å². The molecule has 1 saturated heterocycles. The van der Waals surface area contributed by atoms with E-state index in [1.165, 1.54) is 17.7 Å². The summed E-state index contributed by atoms with van der Waals surface area (Å²) < 4.78 is 6.16. The molecule has 0 atom stereocenters. The second-order valence-corrected chi connectivity index (χ2v) is 10.9. The van der Waals surface area contributed by atoms with Crippen LogP contribution in [0.4, 0.5) is 15.9 Å². The number of urea groups is 1. The van der Waals surface area contributed by atoms with Gasteiger partial charge in [-0.1, -0.05) is 24.7 Å². The number of fused-ring (bicyclic) bond motifs is 1. The number of nitrogens with one attached hydrogen (secondary N) is 2. The van der Waals surface area contributed by atoms with Crippen molar-refractivity contribution >= 4 is 44.6 Å². The predicted molar refractivity (Wildman–Crippen MR) is 157 cm³/mol. The number of piperidine rings is 1. The van der Waals surface area contributed by atoms with Gasteiger partial charge in [-0.25, -0.2) is 29.7 Å². The van der Waals surface area contributed by atoms with Crippen molar-refractivity contribution in [2.24, 2.45) is 5.41 Å². The molecule has 4 heterocycles. The van der Waals surface area contributed by atoms with Gasteiger partial charge in [0.15, 0.2) is 5.13 Å². The summed E-state index contributed by atoms with van der Waals surface area (Å²) >= 11 is 1.35. The highest BCUT2D eigenvalue weighted by Crippen LogP contribution is 2.39. The van der Waals surface area contributed by atoms with E-state index in [2.05, 4.69) is 35.6 Å². The van der Waals surface area contributed by atoms with Crippen molar-refractivity contribution in [1.82, 2.24) is 30.2 Å². The molecule has 3 aromatic heterocycles. The van der Waals surface area contributed by atoms with Crippen LogP contribution in [-0.2, 0) is 4.79 Å². The summed E-state index contributed by atoms with van der Waals surface area (Å²) in [5.41, 5.74) is 3.09. The molecule has 214 valence electrons. The number of hydrogen-bond acceptors (Lipinski definition) is 10. The first-order valence-electron chi connectivity index (χ1n) is 13.5. The molecular formula is C28H32N8O4S. The number of aromatic nitrogens is 5. The van der Waals surface area contributed by atoms with E-state index < -0.39 is 11.4 Å². The Hall–Kier alpha value is -4.39. The summed E-state index contributed by atoms with van der Waals surface area (Å²) in [6.45, 7) is 5.56. The van der Waals surface area contributed by atoms with Crippen LogP contribution < -0.4 is 20.3 Å². The van der Waals surface area contributed by atoms with Gasteiger partial charge in [-0.3, -0.25) is 10.1 Å². The number of aliphatic carboxylic acids is 1. The first-order valence-corrected chi connectivity index (χ1v) is 14.3. The summed E-state index contributed by atoms with van der Waals surface area (Å²) in [4.78, 5) is 48.6. The van der Waals surface area contributed by atoms with Crippen molar-refractivity contribution in [3.8, 4) is 28.3 Å². The number of carbonyl (C=O) groups is 2. The minimum Gasteiger partial charge on any atom is -0.481 e. The van der Waals surface area contributed by atoms with E-state index in [4.69, 9.17) is 4.74 Å². The van der Waals surface area contributed by atoms with Gasteiger partial charge in [-0.05, 0) is 43.9 Å². The zero-order valence-electron chi connectivity index (χ0n) is 23.2. The quantitative estimate of drug-likeness (QED) is 0.252. The summed E-state index contributed by atoms with van der Waals surface area (Å²) in [7, 11) is 1.55. The third-order valence-corrected chi connectivity index (χ3v) is 8.35. The Labute approximate surface area is 241 Å². The van der Waals surface area contributed by atoms with Gasteiger partial charge in [0, 0.05) is 49.2 Å². The van der Waals surface area contributed by atoms with Gasteiger partial charge in [-0.15, -0.1) is 0 Å². The monoisotopic (exact) mass is 576 g/mol. The Bertz CT molecular complexity index is 1550. The third kappa shape index (κ3) is 5.89. The lowest BCUT2D eigenvalue weighted by Crippen LogP contribution is -2.45. The fourth-order valence-electron chi connectivity index (χ4n) is 5.16. The van der Waals surface area contributed by atoms with Crippen LogP contribution in [-0.4, -0.2) is 68.8 Å². The molecule has 1 aliphatic heterocycles. The smallest absolute Gasteiger partial charge is 0.321 e. The Morgan fingerprint density at radius 3 is 2.49 bits per heavy atom. The van der Waals surface area contributed by atoms with Crippen LogP contribution in [0.5, 0.6) is 5.88 Å². The SMILES string of the molecule is CCCC1(C(=O)O)CCN(c2ncc(-c3cc(-c4cc(OC)ncn4)c4sc(NC(=O)NCC)nc4c3)cn2)CC1. The number of anilines is 2. The molecule has 0 aliphatic carbocycles. The maximum absolute atomic E-state index is 12.1. The number of hydrogen-bond donors (Lipinski definition) is 3. The fraction of sp³-hybridized carbons (Fsp3) is 0.393. The van der Waals surface area contributed by atoms with E-state index in [0.29, 0.717) is 67.1 Å². The molecule has 1 fully saturated rings. The lowest BCUT2D eigenvalue weighted by atomic mass is 9.75. The minimum atomic E-state index is -0.714. The Morgan fingerprint density at radius 1 is 1.07 bits per heavy atom. The zero-order chi connectivity index (χ0) is 29.0. The predicted octanol–water partition coefficient (Wildman–Crippen LogP) is 4.83. The fourth-order valence-corrected chi connectivity index (χ4v) is 6.12. The molecule has 12 nitrogen and oxygen atoms in total. The topological polar surface area (TPSA) is 155 Å². The maximum Gasteiger partial charge on any atom is 0.321 e. The first-order chi connectivity index (χ1) is 19.9. The van der Waals surface area contributed by atoms with E-state index in [-0.39, 0.29) is 6.03 Å². The Balaban J connectivity index is 1.46. The number of thiazole rings is 1. The second-order valence-electron chi connectivity index (χ2n) is 9.92. The van der Waals surface area contributed by atoms with E-state index in [0.717, 1.165) is 27.8 Å². The molecule has 0 spiro atoms. The molecule has 1 aromatic carbocycles. The number of benzene rings is 1. The number of carboxylic acids is 1. The van der Waals surface area contributed by atoms with Crippen LogP contribution in [0.1, 0.15) is 39.5 Å². The van der Waals surface area contributed by atoms with Crippen molar-refractivity contribution < 1.29 is 19.4 Å². The number of carbonyl (C=O) groups excluding carboxylic acids is 1. The highest BCUT2D eigenvalue weighted by Gasteiger charge is 2.41. The minimum absolute atomic E-state index is 0.325. The van der Waals surface area contributed by atoms with Crippen molar-refractivity contribution in [1.29, 1.82) is 0 Å². The van der Waals surface area contributed by atoms with Gasteiger partial charge >= 0.3 is 12.0 Å². The number of methoxy groups -OCH3 is 1. The molecule has 41 heavy (non-hydrogen) atoms. The van der Waals surface area contributed by atoms with Crippen LogP contribution in [0.3, 0.4) is 0 Å². The number of amides is 2. The van der Waals surface area contributed by atoms with Crippen LogP contribution >= 0.6 is 11.3 Å². The van der Waals surface area contributed by atoms with Crippen LogP contribution in [0, 0.1) is 5.41 Å². The lowest BCUT2D eigenvalue weighted by Gasteiger charge is -2.38. The average molecular weight is 577 g/mol. The van der Waals surface area contributed by atoms with Crippen molar-refractivity contribution in [2.75, 3.05) is 37.0 Å². The van der Waals surface area contributed by atoms with Crippen LogP contribution in [0.2, 0.25) is 0 Å². The van der Waals surface area contributed by atoms with Crippen molar-refractivity contribution in [3.63, 3.8) is 0 Å². The number of rotatable bonds is 9. The second kappa shape index (κ2) is 12.0. The molecule has 3 N–H and O–H groups in total. The van der Waals surface area contributed by atoms with Gasteiger partial charge in [0.2, 0.25) is 11.8 Å². The van der Waals surface area contributed by atoms with E-state index >= 15 is 0 Å². The molecule has 2 amide bonds. The molecule has 13 heteroatoms. The maximum atomic E-state index is 12.1. The standard InChI is InChI=1S/C28H32N8O4S/c1-4-6-28(24(37)38)7-9-36(10-8-28)25-30-14-18(15-31-25)17-11-19(20-13-22(40-3)33-16-32-20)23-21(12-17)34-27(41-23)35-26(39)29-5-2/h11-16H,4-10H2,1-3H3,(H,37,38)(H2,29,34,35,39). The summed E-state index contributed by atoms with van der Waals surface area (Å²) in [6, 6.07) is 5.35. The largest absolute Gasteiger partial charge is 0.481 e. The molecule has 0 radical (unpaired) electrons. The molecular weight excluding hydrogens is 544 g/mol. The van der Waals surface area contributed by atoms with Crippen LogP contribution in [0.15, 0.2) is 36.9 Å². The molecule has 0 unspecified atom stereocenters. The van der Waals surface area contributed by atoms with Crippen molar-refractivity contribution in [3.05, 3.63) is 36.9 Å².